The number of hydrogen-bond acceptors (Lipinski definition) is 3. The van der Waals surface area contributed by atoms with E-state index in [1.54, 1.807) is 0 Å². The minimum absolute atomic E-state index is 0.0000525. The van der Waals surface area contributed by atoms with Gasteiger partial charge in [-0.25, -0.2) is 4.98 Å². The quantitative estimate of drug-likeness (QED) is 0.907. The molecule has 5 nitrogen and oxygen atoms in total. The van der Waals surface area contributed by atoms with Crippen molar-refractivity contribution < 1.29 is 4.79 Å². The van der Waals surface area contributed by atoms with Crippen LogP contribution in [0.15, 0.2) is 18.3 Å². The molecule has 1 unspecified atom stereocenters. The lowest BCUT2D eigenvalue weighted by molar-refractivity contribution is 0.0895. The van der Waals surface area contributed by atoms with Crippen LogP contribution in [0.2, 0.25) is 0 Å². The third kappa shape index (κ3) is 3.87. The van der Waals surface area contributed by atoms with Crippen molar-refractivity contribution in [1.82, 2.24) is 19.6 Å². The Bertz CT molecular complexity index is 743. The molecule has 0 saturated carbocycles. The maximum atomic E-state index is 12.8. The van der Waals surface area contributed by atoms with Gasteiger partial charge in [0.1, 0.15) is 5.65 Å². The molecular formula is C20H30N4O. The van der Waals surface area contributed by atoms with Crippen LogP contribution in [0.4, 0.5) is 0 Å². The summed E-state index contributed by atoms with van der Waals surface area (Å²) in [4.78, 5) is 19.9. The first kappa shape index (κ1) is 17.9. The number of nitrogens with zero attached hydrogens (tertiary/aromatic N) is 3. The molecule has 136 valence electrons. The molecule has 3 heterocycles. The zero-order chi connectivity index (χ0) is 18.0. The molecule has 1 N–H and O–H groups in total. The average Bonchev–Trinajstić information content (AvgIpc) is 3.00. The molecule has 1 aliphatic heterocycles. The van der Waals surface area contributed by atoms with Crippen LogP contribution < -0.4 is 5.32 Å². The summed E-state index contributed by atoms with van der Waals surface area (Å²) in [6.45, 7) is 10.7. The molecule has 3 rings (SSSR count). The van der Waals surface area contributed by atoms with E-state index < -0.39 is 0 Å². The van der Waals surface area contributed by atoms with Gasteiger partial charge < -0.3 is 14.6 Å². The van der Waals surface area contributed by atoms with Gasteiger partial charge in [0, 0.05) is 42.8 Å². The highest BCUT2D eigenvalue weighted by Gasteiger charge is 2.24. The summed E-state index contributed by atoms with van der Waals surface area (Å²) in [7, 11) is 0. The molecule has 0 aliphatic carbocycles. The predicted octanol–water partition coefficient (Wildman–Crippen LogP) is 3.33. The summed E-state index contributed by atoms with van der Waals surface area (Å²) in [6.07, 6.45) is 6.46. The molecule has 1 saturated heterocycles. The van der Waals surface area contributed by atoms with Gasteiger partial charge in [0.05, 0.1) is 5.56 Å². The van der Waals surface area contributed by atoms with E-state index in [0.29, 0.717) is 11.6 Å². The lowest BCUT2D eigenvalue weighted by Crippen LogP contribution is -2.47. The van der Waals surface area contributed by atoms with Crippen LogP contribution >= 0.6 is 0 Å². The summed E-state index contributed by atoms with van der Waals surface area (Å²) in [5.41, 5.74) is 3.47. The van der Waals surface area contributed by atoms with Crippen molar-refractivity contribution in [1.29, 1.82) is 0 Å². The number of likely N-dealkylation sites (tertiary alicyclic amines) is 1. The molecule has 2 aromatic heterocycles. The number of hydrogen-bond donors (Lipinski definition) is 1. The molecule has 0 bridgehead atoms. The largest absolute Gasteiger partial charge is 0.349 e. The maximum absolute atomic E-state index is 12.8. The summed E-state index contributed by atoms with van der Waals surface area (Å²) >= 11 is 0. The van der Waals surface area contributed by atoms with Crippen molar-refractivity contribution in [3.05, 3.63) is 35.3 Å². The van der Waals surface area contributed by atoms with E-state index in [4.69, 9.17) is 0 Å². The molecular weight excluding hydrogens is 312 g/mol. The van der Waals surface area contributed by atoms with Gasteiger partial charge in [-0.3, -0.25) is 4.79 Å². The molecule has 1 atom stereocenters. The molecule has 1 amide bonds. The van der Waals surface area contributed by atoms with Crippen LogP contribution in [-0.2, 0) is 0 Å². The Balaban J connectivity index is 1.64. The first-order chi connectivity index (χ1) is 12.0. The zero-order valence-electron chi connectivity index (χ0n) is 15.9. The summed E-state index contributed by atoms with van der Waals surface area (Å²) in [5, 5.41) is 3.22. The highest BCUT2D eigenvalue weighted by atomic mass is 16.1. The van der Waals surface area contributed by atoms with Crippen molar-refractivity contribution in [3.8, 4) is 0 Å². The van der Waals surface area contributed by atoms with Gasteiger partial charge in [0.2, 0.25) is 0 Å². The maximum Gasteiger partial charge on any atom is 0.255 e. The van der Waals surface area contributed by atoms with Gasteiger partial charge in [-0.2, -0.15) is 0 Å². The standard InChI is InChI=1S/C20H30N4O/c1-5-6-15(3)23-10-7-17(8-11-23)22-20(25)18-9-12-24-16(4)13-14(2)21-19(18)24/h9,12-13,15,17H,5-8,10-11H2,1-4H3,(H,22,25). The van der Waals surface area contributed by atoms with Gasteiger partial charge in [-0.05, 0) is 52.2 Å². The number of piperidine rings is 1. The van der Waals surface area contributed by atoms with E-state index in [1.165, 1.54) is 12.8 Å². The van der Waals surface area contributed by atoms with Crippen LogP contribution in [0.25, 0.3) is 5.65 Å². The highest BCUT2D eigenvalue weighted by Crippen LogP contribution is 2.18. The molecule has 2 aromatic rings. The second-order valence-electron chi connectivity index (χ2n) is 7.38. The average molecular weight is 342 g/mol. The second-order valence-corrected chi connectivity index (χ2v) is 7.38. The molecule has 1 fully saturated rings. The Kier molecular flexibility index (Phi) is 5.42. The first-order valence-electron chi connectivity index (χ1n) is 9.49. The molecule has 0 aromatic carbocycles. The van der Waals surface area contributed by atoms with Crippen molar-refractivity contribution >= 4 is 11.6 Å². The van der Waals surface area contributed by atoms with Gasteiger partial charge >= 0.3 is 0 Å². The lowest BCUT2D eigenvalue weighted by Gasteiger charge is -2.36. The highest BCUT2D eigenvalue weighted by molar-refractivity contribution is 6.00. The Hall–Kier alpha value is -1.88. The Morgan fingerprint density at radius 2 is 2.08 bits per heavy atom. The summed E-state index contributed by atoms with van der Waals surface area (Å²) in [5.74, 6) is 0.0000525. The van der Waals surface area contributed by atoms with Crippen molar-refractivity contribution in [2.24, 2.45) is 0 Å². The Morgan fingerprint density at radius 1 is 1.36 bits per heavy atom. The van der Waals surface area contributed by atoms with E-state index in [2.05, 4.69) is 29.0 Å². The smallest absolute Gasteiger partial charge is 0.255 e. The monoisotopic (exact) mass is 342 g/mol. The molecule has 0 spiro atoms. The minimum Gasteiger partial charge on any atom is -0.349 e. The number of carbonyl (C=O) groups excluding carboxylic acids is 1. The summed E-state index contributed by atoms with van der Waals surface area (Å²) in [6, 6.07) is 4.82. The number of nitrogens with one attached hydrogen (secondary N) is 1. The van der Waals surface area contributed by atoms with Crippen molar-refractivity contribution in [2.45, 2.75) is 65.5 Å². The lowest BCUT2D eigenvalue weighted by atomic mass is 10.0. The molecule has 25 heavy (non-hydrogen) atoms. The van der Waals surface area contributed by atoms with Crippen molar-refractivity contribution in [3.63, 3.8) is 0 Å². The van der Waals surface area contributed by atoms with Crippen LogP contribution in [0, 0.1) is 13.8 Å². The van der Waals surface area contributed by atoms with Crippen LogP contribution in [0.5, 0.6) is 0 Å². The third-order valence-corrected chi connectivity index (χ3v) is 5.38. The number of aryl methyl sites for hydroxylation is 2. The van der Waals surface area contributed by atoms with Crippen LogP contribution in [0.1, 0.15) is 61.3 Å². The topological polar surface area (TPSA) is 49.6 Å². The number of fused-ring (bicyclic) bond motifs is 1. The number of aromatic nitrogens is 2. The molecule has 1 aliphatic rings. The minimum atomic E-state index is 0.0000525. The fourth-order valence-corrected chi connectivity index (χ4v) is 3.92. The van der Waals surface area contributed by atoms with E-state index in [0.717, 1.165) is 43.0 Å². The summed E-state index contributed by atoms with van der Waals surface area (Å²) < 4.78 is 1.98. The van der Waals surface area contributed by atoms with Gasteiger partial charge in [-0.1, -0.05) is 13.3 Å². The predicted molar refractivity (Wildman–Crippen MR) is 101 cm³/mol. The van der Waals surface area contributed by atoms with Crippen molar-refractivity contribution in [2.75, 3.05) is 13.1 Å². The third-order valence-electron chi connectivity index (χ3n) is 5.38. The van der Waals surface area contributed by atoms with Gasteiger partial charge in [-0.15, -0.1) is 0 Å². The fraction of sp³-hybridized carbons (Fsp3) is 0.600. The Morgan fingerprint density at radius 3 is 2.76 bits per heavy atom. The number of carbonyl (C=O) groups is 1. The van der Waals surface area contributed by atoms with E-state index >= 15 is 0 Å². The van der Waals surface area contributed by atoms with Crippen LogP contribution in [0.3, 0.4) is 0 Å². The SMILES string of the molecule is CCCC(C)N1CCC(NC(=O)c2ccn3c(C)cc(C)nc23)CC1. The normalized spacial score (nSPS) is 17.8. The molecule has 5 heteroatoms. The van der Waals surface area contributed by atoms with Gasteiger partial charge in [0.15, 0.2) is 0 Å². The van der Waals surface area contributed by atoms with E-state index in [9.17, 15) is 4.79 Å². The molecule has 0 radical (unpaired) electrons. The number of rotatable bonds is 5. The fourth-order valence-electron chi connectivity index (χ4n) is 3.92. The second kappa shape index (κ2) is 7.56. The van der Waals surface area contributed by atoms with E-state index in [-0.39, 0.29) is 11.9 Å². The van der Waals surface area contributed by atoms with E-state index in [1.807, 2.05) is 36.6 Å². The zero-order valence-corrected chi connectivity index (χ0v) is 15.9. The van der Waals surface area contributed by atoms with Gasteiger partial charge in [0.25, 0.3) is 5.91 Å². The Labute approximate surface area is 150 Å². The number of amides is 1. The van der Waals surface area contributed by atoms with Crippen LogP contribution in [-0.4, -0.2) is 45.4 Å². The first-order valence-corrected chi connectivity index (χ1v) is 9.49.